The van der Waals surface area contributed by atoms with Crippen molar-refractivity contribution >= 4 is 16.0 Å². The minimum absolute atomic E-state index is 0.540. The SMILES string of the molecule is O=C(O)CCNS(=O)(=O)c1cccc(OC(F)(F)F)c1F. The molecule has 1 aromatic rings. The van der Waals surface area contributed by atoms with Crippen LogP contribution in [0.15, 0.2) is 23.1 Å². The summed E-state index contributed by atoms with van der Waals surface area (Å²) in [6.45, 7) is -0.540. The monoisotopic (exact) mass is 331 g/mol. The van der Waals surface area contributed by atoms with Crippen molar-refractivity contribution in [2.45, 2.75) is 17.7 Å². The van der Waals surface area contributed by atoms with Gasteiger partial charge in [-0.15, -0.1) is 13.2 Å². The molecule has 0 aliphatic carbocycles. The van der Waals surface area contributed by atoms with Gasteiger partial charge in [0.1, 0.15) is 4.90 Å². The van der Waals surface area contributed by atoms with Crippen molar-refractivity contribution in [3.05, 3.63) is 24.0 Å². The molecule has 0 amide bonds. The van der Waals surface area contributed by atoms with Gasteiger partial charge in [0.05, 0.1) is 6.42 Å². The molecule has 0 aliphatic rings. The number of carboxylic acid groups (broad SMARTS) is 1. The zero-order chi connectivity index (χ0) is 16.3. The second-order valence-corrected chi connectivity index (χ2v) is 5.39. The van der Waals surface area contributed by atoms with Crippen LogP contribution >= 0.6 is 0 Å². The Kier molecular flexibility index (Phi) is 5.12. The number of sulfonamides is 1. The Morgan fingerprint density at radius 3 is 2.48 bits per heavy atom. The standard InChI is InChI=1S/C10H9F4NO5S/c11-9-6(20-10(12,13)14)2-1-3-7(9)21(18,19)15-5-4-8(16)17/h1-3,15H,4-5H2,(H,16,17). The molecule has 0 fully saturated rings. The van der Waals surface area contributed by atoms with Crippen LogP contribution < -0.4 is 9.46 Å². The van der Waals surface area contributed by atoms with E-state index in [4.69, 9.17) is 5.11 Å². The highest BCUT2D eigenvalue weighted by Gasteiger charge is 2.33. The third-order valence-electron chi connectivity index (χ3n) is 2.07. The van der Waals surface area contributed by atoms with Gasteiger partial charge in [0.15, 0.2) is 11.6 Å². The van der Waals surface area contributed by atoms with E-state index in [9.17, 15) is 30.8 Å². The molecule has 0 aliphatic heterocycles. The van der Waals surface area contributed by atoms with E-state index in [1.54, 1.807) is 4.72 Å². The van der Waals surface area contributed by atoms with Crippen LogP contribution in [-0.2, 0) is 14.8 Å². The van der Waals surface area contributed by atoms with Crippen molar-refractivity contribution in [2.24, 2.45) is 0 Å². The molecule has 0 saturated heterocycles. The van der Waals surface area contributed by atoms with Crippen molar-refractivity contribution < 1.29 is 40.6 Å². The maximum Gasteiger partial charge on any atom is 0.573 e. The summed E-state index contributed by atoms with van der Waals surface area (Å²) >= 11 is 0. The highest BCUT2D eigenvalue weighted by molar-refractivity contribution is 7.89. The smallest absolute Gasteiger partial charge is 0.481 e. The Morgan fingerprint density at radius 2 is 1.95 bits per heavy atom. The highest BCUT2D eigenvalue weighted by atomic mass is 32.2. The molecular weight excluding hydrogens is 322 g/mol. The lowest BCUT2D eigenvalue weighted by atomic mass is 10.3. The minimum atomic E-state index is -5.18. The van der Waals surface area contributed by atoms with E-state index < -0.39 is 51.8 Å². The van der Waals surface area contributed by atoms with Crippen LogP contribution in [0, 0.1) is 5.82 Å². The number of halogens is 4. The van der Waals surface area contributed by atoms with Crippen molar-refractivity contribution in [1.29, 1.82) is 0 Å². The van der Waals surface area contributed by atoms with Crippen LogP contribution in [0.3, 0.4) is 0 Å². The summed E-state index contributed by atoms with van der Waals surface area (Å²) in [4.78, 5) is 9.17. The molecule has 21 heavy (non-hydrogen) atoms. The summed E-state index contributed by atoms with van der Waals surface area (Å²) in [6, 6.07) is 2.19. The summed E-state index contributed by atoms with van der Waals surface area (Å²) in [5, 5.41) is 8.35. The van der Waals surface area contributed by atoms with Crippen LogP contribution in [0.25, 0.3) is 0 Å². The number of benzene rings is 1. The van der Waals surface area contributed by atoms with E-state index in [1.165, 1.54) is 0 Å². The van der Waals surface area contributed by atoms with Crippen molar-refractivity contribution in [3.8, 4) is 5.75 Å². The number of rotatable bonds is 6. The van der Waals surface area contributed by atoms with Crippen LogP contribution in [0.1, 0.15) is 6.42 Å². The molecule has 0 bridgehead atoms. The van der Waals surface area contributed by atoms with Gasteiger partial charge in [-0.3, -0.25) is 4.79 Å². The zero-order valence-electron chi connectivity index (χ0n) is 10.1. The number of alkyl halides is 3. The first-order valence-corrected chi connectivity index (χ1v) is 6.77. The number of hydrogen-bond acceptors (Lipinski definition) is 4. The molecule has 1 rings (SSSR count). The van der Waals surface area contributed by atoms with Crippen molar-refractivity contribution in [3.63, 3.8) is 0 Å². The molecule has 0 saturated carbocycles. The van der Waals surface area contributed by atoms with E-state index in [0.717, 1.165) is 12.1 Å². The third kappa shape index (κ3) is 5.19. The largest absolute Gasteiger partial charge is 0.573 e. The fourth-order valence-electron chi connectivity index (χ4n) is 1.27. The summed E-state index contributed by atoms with van der Waals surface area (Å²) in [6.07, 6.45) is -5.75. The first-order valence-electron chi connectivity index (χ1n) is 5.28. The summed E-state index contributed by atoms with van der Waals surface area (Å²) in [5.74, 6) is -4.33. The summed E-state index contributed by atoms with van der Waals surface area (Å²) in [7, 11) is -4.50. The van der Waals surface area contributed by atoms with Crippen LogP contribution in [0.2, 0.25) is 0 Å². The van der Waals surface area contributed by atoms with Gasteiger partial charge >= 0.3 is 12.3 Å². The molecule has 11 heteroatoms. The zero-order valence-corrected chi connectivity index (χ0v) is 11.0. The summed E-state index contributed by atoms with van der Waals surface area (Å²) < 4.78 is 78.2. The number of aliphatic carboxylic acids is 1. The maximum atomic E-state index is 13.7. The molecule has 6 nitrogen and oxygen atoms in total. The predicted octanol–water partition coefficient (Wildman–Crippen LogP) is 1.48. The van der Waals surface area contributed by atoms with Crippen LogP contribution in [0.5, 0.6) is 5.75 Å². The van der Waals surface area contributed by atoms with Gasteiger partial charge in [-0.05, 0) is 12.1 Å². The first-order chi connectivity index (χ1) is 9.53. The number of carboxylic acids is 1. The topological polar surface area (TPSA) is 92.7 Å². The molecule has 2 N–H and O–H groups in total. The number of carbonyl (C=O) groups is 1. The van der Waals surface area contributed by atoms with Crippen LogP contribution in [0.4, 0.5) is 17.6 Å². The second kappa shape index (κ2) is 6.26. The van der Waals surface area contributed by atoms with E-state index in [2.05, 4.69) is 4.74 Å². The molecule has 0 unspecified atom stereocenters. The quantitative estimate of drug-likeness (QED) is 0.770. The molecule has 118 valence electrons. The lowest BCUT2D eigenvalue weighted by Crippen LogP contribution is -2.27. The minimum Gasteiger partial charge on any atom is -0.481 e. The molecule has 0 radical (unpaired) electrons. The fourth-order valence-corrected chi connectivity index (χ4v) is 2.39. The Balaban J connectivity index is 3.02. The lowest BCUT2D eigenvalue weighted by molar-refractivity contribution is -0.275. The molecule has 0 aromatic heterocycles. The van der Waals surface area contributed by atoms with Gasteiger partial charge in [0, 0.05) is 6.54 Å². The van der Waals surface area contributed by atoms with E-state index in [-0.39, 0.29) is 0 Å². The predicted molar refractivity (Wildman–Crippen MR) is 60.5 cm³/mol. The Hall–Kier alpha value is -1.88. The van der Waals surface area contributed by atoms with Gasteiger partial charge in [0.2, 0.25) is 10.0 Å². The number of nitrogens with one attached hydrogen (secondary N) is 1. The average molecular weight is 331 g/mol. The number of hydrogen-bond donors (Lipinski definition) is 2. The Morgan fingerprint density at radius 1 is 1.33 bits per heavy atom. The molecule has 1 aromatic carbocycles. The molecule has 0 heterocycles. The fraction of sp³-hybridized carbons (Fsp3) is 0.300. The highest BCUT2D eigenvalue weighted by Crippen LogP contribution is 2.29. The molecule has 0 atom stereocenters. The van der Waals surface area contributed by atoms with E-state index in [1.807, 2.05) is 0 Å². The van der Waals surface area contributed by atoms with E-state index in [0.29, 0.717) is 6.07 Å². The normalized spacial score (nSPS) is 12.2. The maximum absolute atomic E-state index is 13.7. The van der Waals surface area contributed by atoms with E-state index >= 15 is 0 Å². The Bertz CT molecular complexity index is 629. The summed E-state index contributed by atoms with van der Waals surface area (Å²) in [5.41, 5.74) is 0. The molecular formula is C10H9F4NO5S. The third-order valence-corrected chi connectivity index (χ3v) is 3.55. The van der Waals surface area contributed by atoms with Crippen LogP contribution in [-0.4, -0.2) is 32.4 Å². The second-order valence-electron chi connectivity index (χ2n) is 3.66. The van der Waals surface area contributed by atoms with Gasteiger partial charge in [-0.1, -0.05) is 6.07 Å². The first kappa shape index (κ1) is 17.2. The molecule has 0 spiro atoms. The van der Waals surface area contributed by atoms with Gasteiger partial charge in [0.25, 0.3) is 0 Å². The van der Waals surface area contributed by atoms with Crippen molar-refractivity contribution in [1.82, 2.24) is 4.72 Å². The average Bonchev–Trinajstić information content (AvgIpc) is 2.29. The lowest BCUT2D eigenvalue weighted by Gasteiger charge is -2.12. The van der Waals surface area contributed by atoms with Gasteiger partial charge in [-0.25, -0.2) is 17.5 Å². The Labute approximate surface area is 116 Å². The van der Waals surface area contributed by atoms with Gasteiger partial charge < -0.3 is 9.84 Å². The number of ether oxygens (including phenoxy) is 1. The van der Waals surface area contributed by atoms with Crippen molar-refractivity contribution in [2.75, 3.05) is 6.54 Å². The van der Waals surface area contributed by atoms with Gasteiger partial charge in [-0.2, -0.15) is 0 Å².